The van der Waals surface area contributed by atoms with E-state index in [1.165, 1.54) is 32.1 Å². The monoisotopic (exact) mass is 317 g/mol. The van der Waals surface area contributed by atoms with E-state index >= 15 is 0 Å². The molecule has 2 heterocycles. The maximum absolute atomic E-state index is 12.1. The number of nitrogens with one attached hydrogen (secondary N) is 1. The van der Waals surface area contributed by atoms with E-state index in [2.05, 4.69) is 15.2 Å². The minimum atomic E-state index is 0.0854. The van der Waals surface area contributed by atoms with Gasteiger partial charge in [0, 0.05) is 19.5 Å². The van der Waals surface area contributed by atoms with Crippen LogP contribution in [0.25, 0.3) is 0 Å². The molecule has 5 nitrogen and oxygen atoms in total. The van der Waals surface area contributed by atoms with Crippen molar-refractivity contribution in [3.8, 4) is 0 Å². The van der Waals surface area contributed by atoms with Gasteiger partial charge in [0.25, 0.3) is 0 Å². The quantitative estimate of drug-likeness (QED) is 0.906. The highest BCUT2D eigenvalue weighted by molar-refractivity contribution is 5.89. The van der Waals surface area contributed by atoms with E-state index in [9.17, 15) is 4.79 Å². The number of carbonyl (C=O) groups excluding carboxylic acids is 1. The lowest BCUT2D eigenvalue weighted by Crippen LogP contribution is -2.36. The molecule has 0 spiro atoms. The summed E-state index contributed by atoms with van der Waals surface area (Å²) in [5.41, 5.74) is 1.09. The molecule has 126 valence electrons. The van der Waals surface area contributed by atoms with Crippen LogP contribution in [0.1, 0.15) is 44.9 Å². The van der Waals surface area contributed by atoms with Crippen molar-refractivity contribution < 1.29 is 9.53 Å². The molecule has 2 aliphatic rings. The second-order valence-electron chi connectivity index (χ2n) is 6.59. The van der Waals surface area contributed by atoms with Gasteiger partial charge in [0.2, 0.25) is 5.91 Å². The first-order valence-corrected chi connectivity index (χ1v) is 8.90. The topological polar surface area (TPSA) is 54.5 Å². The molecule has 0 bridgehead atoms. The fourth-order valence-corrected chi connectivity index (χ4v) is 3.48. The van der Waals surface area contributed by atoms with Crippen LogP contribution >= 0.6 is 0 Å². The van der Waals surface area contributed by atoms with Crippen molar-refractivity contribution in [1.29, 1.82) is 0 Å². The average Bonchev–Trinajstić information content (AvgIpc) is 2.62. The van der Waals surface area contributed by atoms with E-state index in [1.54, 1.807) is 0 Å². The number of ether oxygens (including phenoxy) is 1. The number of carbonyl (C=O) groups is 1. The third-order valence-electron chi connectivity index (χ3n) is 4.90. The van der Waals surface area contributed by atoms with Crippen molar-refractivity contribution in [1.82, 2.24) is 4.98 Å². The first-order chi connectivity index (χ1) is 11.3. The Labute approximate surface area is 138 Å². The molecule has 1 aliphatic heterocycles. The Kier molecular flexibility index (Phi) is 5.86. The van der Waals surface area contributed by atoms with Crippen molar-refractivity contribution in [2.24, 2.45) is 5.92 Å². The maximum atomic E-state index is 12.1. The van der Waals surface area contributed by atoms with Crippen LogP contribution in [0.2, 0.25) is 0 Å². The Balaban J connectivity index is 1.44. The Morgan fingerprint density at radius 2 is 2.00 bits per heavy atom. The molecule has 2 fully saturated rings. The van der Waals surface area contributed by atoms with Crippen LogP contribution in [0.5, 0.6) is 0 Å². The minimum absolute atomic E-state index is 0.0854. The largest absolute Gasteiger partial charge is 0.378 e. The molecule has 1 aromatic heterocycles. The van der Waals surface area contributed by atoms with Gasteiger partial charge in [-0.3, -0.25) is 4.79 Å². The van der Waals surface area contributed by atoms with E-state index in [4.69, 9.17) is 4.74 Å². The first kappa shape index (κ1) is 16.2. The molecular formula is C18H27N3O2. The number of hydrogen-bond acceptors (Lipinski definition) is 4. The summed E-state index contributed by atoms with van der Waals surface area (Å²) >= 11 is 0. The number of aromatic nitrogens is 1. The van der Waals surface area contributed by atoms with Crippen molar-refractivity contribution in [2.75, 3.05) is 36.5 Å². The van der Waals surface area contributed by atoms with Crippen LogP contribution in [0, 0.1) is 5.92 Å². The van der Waals surface area contributed by atoms with Gasteiger partial charge in [-0.15, -0.1) is 0 Å². The normalized spacial score (nSPS) is 19.6. The molecular weight excluding hydrogens is 290 g/mol. The van der Waals surface area contributed by atoms with E-state index in [0.29, 0.717) is 12.2 Å². The fraction of sp³-hybridized carbons (Fsp3) is 0.667. The van der Waals surface area contributed by atoms with Gasteiger partial charge in [-0.05, 0) is 24.5 Å². The highest BCUT2D eigenvalue weighted by Crippen LogP contribution is 2.27. The van der Waals surface area contributed by atoms with Crippen molar-refractivity contribution >= 4 is 17.4 Å². The van der Waals surface area contributed by atoms with E-state index < -0.39 is 0 Å². The first-order valence-electron chi connectivity index (χ1n) is 8.90. The van der Waals surface area contributed by atoms with Crippen molar-refractivity contribution in [3.63, 3.8) is 0 Å². The standard InChI is InChI=1S/C18H27N3O2/c22-18(9-6-15-4-2-1-3-5-15)20-17-8-7-16(14-19-17)21-10-12-23-13-11-21/h7-8,14-15H,1-6,9-13H2,(H,19,20,22). The summed E-state index contributed by atoms with van der Waals surface area (Å²) in [7, 11) is 0. The van der Waals surface area contributed by atoms with Crippen LogP contribution in [0.15, 0.2) is 18.3 Å². The molecule has 1 saturated carbocycles. The number of hydrogen-bond donors (Lipinski definition) is 1. The third kappa shape index (κ3) is 4.93. The van der Waals surface area contributed by atoms with Crippen molar-refractivity contribution in [3.05, 3.63) is 18.3 Å². The summed E-state index contributed by atoms with van der Waals surface area (Å²) in [6.45, 7) is 3.32. The minimum Gasteiger partial charge on any atom is -0.378 e. The Bertz CT molecular complexity index is 491. The van der Waals surface area contributed by atoms with Gasteiger partial charge in [-0.2, -0.15) is 0 Å². The summed E-state index contributed by atoms with van der Waals surface area (Å²) in [6.07, 6.45) is 10.1. The molecule has 0 unspecified atom stereocenters. The van der Waals surface area contributed by atoms with Crippen LogP contribution in [-0.2, 0) is 9.53 Å². The number of pyridine rings is 1. The van der Waals surface area contributed by atoms with Gasteiger partial charge >= 0.3 is 0 Å². The zero-order valence-corrected chi connectivity index (χ0v) is 13.8. The fourth-order valence-electron chi connectivity index (χ4n) is 3.48. The molecule has 0 atom stereocenters. The van der Waals surface area contributed by atoms with Crippen molar-refractivity contribution in [2.45, 2.75) is 44.9 Å². The Hall–Kier alpha value is -1.62. The second-order valence-corrected chi connectivity index (χ2v) is 6.59. The Morgan fingerprint density at radius 1 is 1.22 bits per heavy atom. The lowest BCUT2D eigenvalue weighted by Gasteiger charge is -2.28. The zero-order valence-electron chi connectivity index (χ0n) is 13.8. The summed E-state index contributed by atoms with van der Waals surface area (Å²) < 4.78 is 5.36. The van der Waals surface area contributed by atoms with E-state index in [1.807, 2.05) is 18.3 Å². The number of anilines is 2. The van der Waals surface area contributed by atoms with Gasteiger partial charge in [0.1, 0.15) is 5.82 Å². The summed E-state index contributed by atoms with van der Waals surface area (Å²) in [5.74, 6) is 1.48. The molecule has 23 heavy (non-hydrogen) atoms. The molecule has 3 rings (SSSR count). The average molecular weight is 317 g/mol. The Morgan fingerprint density at radius 3 is 2.70 bits per heavy atom. The van der Waals surface area contributed by atoms with E-state index in [0.717, 1.165) is 44.3 Å². The van der Waals surface area contributed by atoms with Gasteiger partial charge in [-0.25, -0.2) is 4.98 Å². The number of amides is 1. The molecule has 1 amide bonds. The van der Waals surface area contributed by atoms with Crippen LogP contribution in [-0.4, -0.2) is 37.2 Å². The lowest BCUT2D eigenvalue weighted by atomic mass is 9.86. The molecule has 1 N–H and O–H groups in total. The summed E-state index contributed by atoms with van der Waals surface area (Å²) in [5, 5.41) is 2.92. The summed E-state index contributed by atoms with van der Waals surface area (Å²) in [4.78, 5) is 18.7. The van der Waals surface area contributed by atoms with Gasteiger partial charge in [0.15, 0.2) is 0 Å². The second kappa shape index (κ2) is 8.29. The number of rotatable bonds is 5. The summed E-state index contributed by atoms with van der Waals surface area (Å²) in [6, 6.07) is 3.92. The predicted molar refractivity (Wildman–Crippen MR) is 91.7 cm³/mol. The smallest absolute Gasteiger partial charge is 0.225 e. The third-order valence-corrected chi connectivity index (χ3v) is 4.90. The molecule has 0 radical (unpaired) electrons. The van der Waals surface area contributed by atoms with Crippen LogP contribution in [0.3, 0.4) is 0 Å². The highest BCUT2D eigenvalue weighted by atomic mass is 16.5. The lowest BCUT2D eigenvalue weighted by molar-refractivity contribution is -0.116. The molecule has 1 aromatic rings. The molecule has 1 aliphatic carbocycles. The maximum Gasteiger partial charge on any atom is 0.225 e. The predicted octanol–water partition coefficient (Wildman–Crippen LogP) is 3.22. The van der Waals surface area contributed by atoms with Gasteiger partial charge < -0.3 is 15.0 Å². The number of nitrogens with zero attached hydrogens (tertiary/aromatic N) is 2. The molecule has 1 saturated heterocycles. The van der Waals surface area contributed by atoms with Gasteiger partial charge in [-0.1, -0.05) is 32.1 Å². The highest BCUT2D eigenvalue weighted by Gasteiger charge is 2.15. The van der Waals surface area contributed by atoms with E-state index in [-0.39, 0.29) is 5.91 Å². The van der Waals surface area contributed by atoms with Crippen LogP contribution < -0.4 is 10.2 Å². The molecule has 5 heteroatoms. The van der Waals surface area contributed by atoms with Gasteiger partial charge in [0.05, 0.1) is 25.1 Å². The van der Waals surface area contributed by atoms with Crippen LogP contribution in [0.4, 0.5) is 11.5 Å². The zero-order chi connectivity index (χ0) is 15.9. The number of morpholine rings is 1. The SMILES string of the molecule is O=C(CCC1CCCCC1)Nc1ccc(N2CCOCC2)cn1. The molecule has 0 aromatic carbocycles.